The van der Waals surface area contributed by atoms with Crippen molar-refractivity contribution in [3.63, 3.8) is 0 Å². The topological polar surface area (TPSA) is 61.4 Å². The van der Waals surface area contributed by atoms with Crippen molar-refractivity contribution in [1.29, 1.82) is 0 Å². The minimum atomic E-state index is -3.66. The fourth-order valence-corrected chi connectivity index (χ4v) is 3.35. The van der Waals surface area contributed by atoms with Crippen LogP contribution >= 0.6 is 0 Å². The van der Waals surface area contributed by atoms with Gasteiger partial charge in [0.2, 0.25) is 10.0 Å². The van der Waals surface area contributed by atoms with Crippen LogP contribution in [0.25, 0.3) is 5.70 Å². The number of hydrogen-bond donors (Lipinski definition) is 2. The van der Waals surface area contributed by atoms with E-state index in [1.807, 2.05) is 13.0 Å². The summed E-state index contributed by atoms with van der Waals surface area (Å²) in [4.78, 5) is 0. The molecular weight excluding hydrogens is 403 g/mol. The SMILES string of the molecule is C=C(NNC(=C)C(F)F)c1ccc(CN(c2cccc(C)c2)S(C)(=O)=O)c(F)c1. The summed E-state index contributed by atoms with van der Waals surface area (Å²) >= 11 is 0. The van der Waals surface area contributed by atoms with Crippen molar-refractivity contribution in [2.75, 3.05) is 10.6 Å². The number of aryl methyl sites for hydroxylation is 1. The zero-order valence-corrected chi connectivity index (χ0v) is 16.9. The number of alkyl halides is 2. The number of nitrogens with zero attached hydrogens (tertiary/aromatic N) is 1. The lowest BCUT2D eigenvalue weighted by atomic mass is 10.1. The number of rotatable bonds is 9. The van der Waals surface area contributed by atoms with E-state index < -0.39 is 28.0 Å². The van der Waals surface area contributed by atoms with Crippen LogP contribution in [0.4, 0.5) is 18.9 Å². The van der Waals surface area contributed by atoms with Gasteiger partial charge in [-0.3, -0.25) is 9.73 Å². The number of allylic oxidation sites excluding steroid dienone is 1. The Morgan fingerprint density at radius 1 is 1.14 bits per heavy atom. The summed E-state index contributed by atoms with van der Waals surface area (Å²) in [5.41, 5.74) is 5.97. The van der Waals surface area contributed by atoms with Crippen molar-refractivity contribution >= 4 is 21.4 Å². The first-order chi connectivity index (χ1) is 13.5. The van der Waals surface area contributed by atoms with Gasteiger partial charge in [-0.1, -0.05) is 37.4 Å². The van der Waals surface area contributed by atoms with Gasteiger partial charge in [-0.05, 0) is 30.7 Å². The fraction of sp³-hybridized carbons (Fsp3) is 0.200. The van der Waals surface area contributed by atoms with Gasteiger partial charge in [0.05, 0.1) is 29.9 Å². The minimum Gasteiger partial charge on any atom is -0.301 e. The highest BCUT2D eigenvalue weighted by molar-refractivity contribution is 7.92. The summed E-state index contributed by atoms with van der Waals surface area (Å²) in [6.07, 6.45) is -1.72. The number of hydrazine groups is 1. The van der Waals surface area contributed by atoms with E-state index in [2.05, 4.69) is 24.0 Å². The summed E-state index contributed by atoms with van der Waals surface area (Å²) in [6.45, 7) is 8.42. The molecule has 0 unspecified atom stereocenters. The molecule has 29 heavy (non-hydrogen) atoms. The predicted molar refractivity (Wildman–Crippen MR) is 109 cm³/mol. The molecule has 0 heterocycles. The van der Waals surface area contributed by atoms with Gasteiger partial charge in [0.15, 0.2) is 0 Å². The zero-order chi connectivity index (χ0) is 21.8. The smallest absolute Gasteiger partial charge is 0.279 e. The molecule has 0 aliphatic heterocycles. The number of nitrogens with one attached hydrogen (secondary N) is 2. The van der Waals surface area contributed by atoms with E-state index in [1.165, 1.54) is 12.1 Å². The molecule has 0 radical (unpaired) electrons. The molecular formula is C20H22F3N3O2S. The summed E-state index contributed by atoms with van der Waals surface area (Å²) in [5, 5.41) is 0. The summed E-state index contributed by atoms with van der Waals surface area (Å²) in [5.74, 6) is -0.653. The molecule has 2 rings (SSSR count). The van der Waals surface area contributed by atoms with Crippen LogP contribution in [0.15, 0.2) is 61.3 Å². The number of anilines is 1. The fourth-order valence-electron chi connectivity index (χ4n) is 2.48. The Morgan fingerprint density at radius 3 is 2.38 bits per heavy atom. The molecule has 2 N–H and O–H groups in total. The van der Waals surface area contributed by atoms with Gasteiger partial charge in [-0.25, -0.2) is 21.6 Å². The summed E-state index contributed by atoms with van der Waals surface area (Å²) in [6, 6.07) is 11.0. The molecule has 156 valence electrons. The van der Waals surface area contributed by atoms with E-state index >= 15 is 0 Å². The molecule has 0 bridgehead atoms. The van der Waals surface area contributed by atoms with E-state index in [-0.39, 0.29) is 17.8 Å². The normalized spacial score (nSPS) is 11.2. The maximum absolute atomic E-state index is 14.6. The molecule has 0 saturated heterocycles. The Morgan fingerprint density at radius 2 is 1.83 bits per heavy atom. The van der Waals surface area contributed by atoms with Crippen molar-refractivity contribution in [3.8, 4) is 0 Å². The standard InChI is InChI=1S/C20H22F3N3O2S/c1-13-6-5-7-18(10-13)26(29(4,27)28)12-17-9-8-16(11-19(17)21)14(2)24-25-15(3)20(22)23/h5-11,20,24-25H,2-3,12H2,1,4H3. The highest BCUT2D eigenvalue weighted by Crippen LogP contribution is 2.24. The number of benzene rings is 2. The van der Waals surface area contributed by atoms with E-state index in [9.17, 15) is 21.6 Å². The lowest BCUT2D eigenvalue weighted by molar-refractivity contribution is 0.179. The molecule has 0 spiro atoms. The molecule has 0 saturated carbocycles. The van der Waals surface area contributed by atoms with Gasteiger partial charge in [0.1, 0.15) is 5.82 Å². The van der Waals surface area contributed by atoms with E-state index in [0.29, 0.717) is 11.3 Å². The maximum Gasteiger partial charge on any atom is 0.279 e. The van der Waals surface area contributed by atoms with Crippen LogP contribution < -0.4 is 15.2 Å². The first-order valence-corrected chi connectivity index (χ1v) is 10.3. The Kier molecular flexibility index (Phi) is 6.97. The second-order valence-electron chi connectivity index (χ2n) is 6.47. The largest absolute Gasteiger partial charge is 0.301 e. The van der Waals surface area contributed by atoms with Crippen molar-refractivity contribution < 1.29 is 21.6 Å². The first kappa shape index (κ1) is 22.4. The molecule has 0 aliphatic carbocycles. The van der Waals surface area contributed by atoms with E-state index in [1.54, 1.807) is 18.2 Å². The van der Waals surface area contributed by atoms with Gasteiger partial charge in [-0.2, -0.15) is 0 Å². The average molecular weight is 425 g/mol. The quantitative estimate of drug-likeness (QED) is 0.598. The van der Waals surface area contributed by atoms with E-state index in [0.717, 1.165) is 22.2 Å². The summed E-state index contributed by atoms with van der Waals surface area (Å²) in [7, 11) is -3.66. The molecule has 2 aromatic rings. The third-order valence-electron chi connectivity index (χ3n) is 4.04. The third kappa shape index (κ3) is 6.02. The van der Waals surface area contributed by atoms with Gasteiger partial charge >= 0.3 is 0 Å². The number of sulfonamides is 1. The molecule has 0 aromatic heterocycles. The van der Waals surface area contributed by atoms with Gasteiger partial charge in [0, 0.05) is 11.1 Å². The monoisotopic (exact) mass is 425 g/mol. The molecule has 0 aliphatic rings. The van der Waals surface area contributed by atoms with Crippen LogP contribution in [0, 0.1) is 12.7 Å². The number of hydrogen-bond acceptors (Lipinski definition) is 4. The first-order valence-electron chi connectivity index (χ1n) is 8.50. The highest BCUT2D eigenvalue weighted by atomic mass is 32.2. The Labute approximate surface area is 168 Å². The lowest BCUT2D eigenvalue weighted by Crippen LogP contribution is -2.31. The highest BCUT2D eigenvalue weighted by Gasteiger charge is 2.20. The predicted octanol–water partition coefficient (Wildman–Crippen LogP) is 3.94. The molecule has 5 nitrogen and oxygen atoms in total. The number of halogens is 3. The molecule has 0 atom stereocenters. The van der Waals surface area contributed by atoms with Crippen LogP contribution in [0.2, 0.25) is 0 Å². The third-order valence-corrected chi connectivity index (χ3v) is 5.18. The second-order valence-corrected chi connectivity index (χ2v) is 8.38. The van der Waals surface area contributed by atoms with Crippen LogP contribution in [0.3, 0.4) is 0 Å². The summed E-state index contributed by atoms with van der Waals surface area (Å²) < 4.78 is 65.1. The van der Waals surface area contributed by atoms with Crippen molar-refractivity contribution in [2.45, 2.75) is 19.9 Å². The lowest BCUT2D eigenvalue weighted by Gasteiger charge is -2.23. The zero-order valence-electron chi connectivity index (χ0n) is 16.0. The van der Waals surface area contributed by atoms with Crippen LogP contribution in [0.5, 0.6) is 0 Å². The van der Waals surface area contributed by atoms with Crippen LogP contribution in [-0.2, 0) is 16.6 Å². The molecule has 2 aromatic carbocycles. The van der Waals surface area contributed by atoms with Crippen molar-refractivity contribution in [2.24, 2.45) is 0 Å². The molecule has 9 heteroatoms. The van der Waals surface area contributed by atoms with Gasteiger partial charge in [0.25, 0.3) is 6.43 Å². The second kappa shape index (κ2) is 9.04. The minimum absolute atomic E-state index is 0.149. The van der Waals surface area contributed by atoms with Crippen LogP contribution in [0.1, 0.15) is 16.7 Å². The Balaban J connectivity index is 2.22. The van der Waals surface area contributed by atoms with E-state index in [4.69, 9.17) is 0 Å². The van der Waals surface area contributed by atoms with Gasteiger partial charge < -0.3 is 5.43 Å². The molecule has 0 amide bonds. The Hall–Kier alpha value is -2.94. The Bertz CT molecular complexity index is 1020. The average Bonchev–Trinajstić information content (AvgIpc) is 2.63. The van der Waals surface area contributed by atoms with Crippen LogP contribution in [-0.4, -0.2) is 21.1 Å². The molecule has 0 fully saturated rings. The van der Waals surface area contributed by atoms with Gasteiger partial charge in [-0.15, -0.1) is 0 Å². The maximum atomic E-state index is 14.6. The van der Waals surface area contributed by atoms with Crippen molar-refractivity contribution in [3.05, 3.63) is 83.8 Å². The van der Waals surface area contributed by atoms with Crippen molar-refractivity contribution in [1.82, 2.24) is 10.9 Å².